The molecule has 0 aromatic carbocycles. The monoisotopic (exact) mass is 220 g/mol. The minimum absolute atomic E-state index is 0.453. The SMILES string of the molecule is CCCNC1CCCc2nc(NC)ncc21. The number of hydrogen-bond acceptors (Lipinski definition) is 4. The summed E-state index contributed by atoms with van der Waals surface area (Å²) >= 11 is 0. The summed E-state index contributed by atoms with van der Waals surface area (Å²) in [6.45, 7) is 3.26. The minimum atomic E-state index is 0.453. The predicted molar refractivity (Wildman–Crippen MR) is 65.6 cm³/mol. The molecule has 0 spiro atoms. The number of aromatic nitrogens is 2. The van der Waals surface area contributed by atoms with E-state index in [0.717, 1.165) is 18.9 Å². The lowest BCUT2D eigenvalue weighted by Crippen LogP contribution is -2.26. The zero-order valence-corrected chi connectivity index (χ0v) is 10.1. The van der Waals surface area contributed by atoms with Crippen LogP contribution in [0.4, 0.5) is 5.95 Å². The van der Waals surface area contributed by atoms with Gasteiger partial charge in [0.25, 0.3) is 0 Å². The van der Waals surface area contributed by atoms with Crippen molar-refractivity contribution in [3.05, 3.63) is 17.5 Å². The summed E-state index contributed by atoms with van der Waals surface area (Å²) in [5, 5.41) is 6.56. The maximum Gasteiger partial charge on any atom is 0.222 e. The van der Waals surface area contributed by atoms with Gasteiger partial charge in [-0.25, -0.2) is 9.97 Å². The van der Waals surface area contributed by atoms with Crippen LogP contribution in [-0.2, 0) is 6.42 Å². The van der Waals surface area contributed by atoms with Gasteiger partial charge in [0.1, 0.15) is 0 Å². The fraction of sp³-hybridized carbons (Fsp3) is 0.667. The number of fused-ring (bicyclic) bond motifs is 1. The van der Waals surface area contributed by atoms with Gasteiger partial charge in [-0.15, -0.1) is 0 Å². The molecule has 0 aliphatic heterocycles. The molecule has 1 unspecified atom stereocenters. The van der Waals surface area contributed by atoms with Crippen LogP contribution in [0.15, 0.2) is 6.20 Å². The largest absolute Gasteiger partial charge is 0.357 e. The van der Waals surface area contributed by atoms with Crippen molar-refractivity contribution in [1.82, 2.24) is 15.3 Å². The molecule has 0 saturated carbocycles. The van der Waals surface area contributed by atoms with E-state index in [1.807, 2.05) is 13.2 Å². The first kappa shape index (κ1) is 11.3. The van der Waals surface area contributed by atoms with Crippen LogP contribution in [0.25, 0.3) is 0 Å². The van der Waals surface area contributed by atoms with E-state index in [1.54, 1.807) is 0 Å². The summed E-state index contributed by atoms with van der Waals surface area (Å²) in [4.78, 5) is 8.83. The highest BCUT2D eigenvalue weighted by Gasteiger charge is 2.21. The number of aryl methyl sites for hydroxylation is 1. The minimum Gasteiger partial charge on any atom is -0.357 e. The lowest BCUT2D eigenvalue weighted by Gasteiger charge is -2.25. The van der Waals surface area contributed by atoms with Crippen molar-refractivity contribution in [2.45, 2.75) is 38.6 Å². The molecule has 16 heavy (non-hydrogen) atoms. The third kappa shape index (κ3) is 2.32. The van der Waals surface area contributed by atoms with Crippen molar-refractivity contribution in [2.24, 2.45) is 0 Å². The van der Waals surface area contributed by atoms with Gasteiger partial charge >= 0.3 is 0 Å². The second kappa shape index (κ2) is 5.25. The van der Waals surface area contributed by atoms with Crippen LogP contribution in [-0.4, -0.2) is 23.6 Å². The Morgan fingerprint density at radius 3 is 3.12 bits per heavy atom. The molecule has 0 fully saturated rings. The highest BCUT2D eigenvalue weighted by atomic mass is 15.1. The molecule has 1 heterocycles. The van der Waals surface area contributed by atoms with Crippen LogP contribution in [0.2, 0.25) is 0 Å². The molecule has 0 saturated heterocycles. The molecule has 4 heteroatoms. The van der Waals surface area contributed by atoms with Gasteiger partial charge in [-0.1, -0.05) is 6.92 Å². The molecular formula is C12H20N4. The molecule has 2 rings (SSSR count). The zero-order valence-electron chi connectivity index (χ0n) is 10.1. The molecule has 4 nitrogen and oxygen atoms in total. The smallest absolute Gasteiger partial charge is 0.222 e. The van der Waals surface area contributed by atoms with E-state index in [1.165, 1.54) is 30.5 Å². The second-order valence-electron chi connectivity index (χ2n) is 4.24. The van der Waals surface area contributed by atoms with E-state index in [9.17, 15) is 0 Å². The number of anilines is 1. The van der Waals surface area contributed by atoms with Crippen LogP contribution < -0.4 is 10.6 Å². The molecule has 1 aromatic rings. The average Bonchev–Trinajstić information content (AvgIpc) is 2.35. The van der Waals surface area contributed by atoms with E-state index in [0.29, 0.717) is 6.04 Å². The molecule has 1 aliphatic carbocycles. The van der Waals surface area contributed by atoms with E-state index in [2.05, 4.69) is 27.5 Å². The Labute approximate surface area is 96.9 Å². The van der Waals surface area contributed by atoms with Crippen LogP contribution >= 0.6 is 0 Å². The Hall–Kier alpha value is -1.16. The van der Waals surface area contributed by atoms with Crippen molar-refractivity contribution < 1.29 is 0 Å². The fourth-order valence-corrected chi connectivity index (χ4v) is 2.20. The van der Waals surface area contributed by atoms with E-state index < -0.39 is 0 Å². The van der Waals surface area contributed by atoms with Crippen molar-refractivity contribution in [3.8, 4) is 0 Å². The number of rotatable bonds is 4. The first-order chi connectivity index (χ1) is 7.85. The summed E-state index contributed by atoms with van der Waals surface area (Å²) in [7, 11) is 1.86. The molecule has 0 bridgehead atoms. The Balaban J connectivity index is 2.18. The summed E-state index contributed by atoms with van der Waals surface area (Å²) in [6, 6.07) is 0.453. The zero-order chi connectivity index (χ0) is 11.4. The summed E-state index contributed by atoms with van der Waals surface area (Å²) < 4.78 is 0. The first-order valence-corrected chi connectivity index (χ1v) is 6.12. The Kier molecular flexibility index (Phi) is 3.72. The lowest BCUT2D eigenvalue weighted by atomic mass is 9.92. The standard InChI is InChI=1S/C12H20N4/c1-3-7-14-10-5-4-6-11-9(10)8-15-12(13-2)16-11/h8,10,14H,3-7H2,1-2H3,(H,13,15,16). The maximum atomic E-state index is 4.53. The van der Waals surface area contributed by atoms with Gasteiger partial charge in [0.05, 0.1) is 5.69 Å². The van der Waals surface area contributed by atoms with Crippen LogP contribution in [0, 0.1) is 0 Å². The van der Waals surface area contributed by atoms with Gasteiger partial charge in [0, 0.05) is 24.8 Å². The van der Waals surface area contributed by atoms with Crippen molar-refractivity contribution in [3.63, 3.8) is 0 Å². The quantitative estimate of drug-likeness (QED) is 0.813. The van der Waals surface area contributed by atoms with Crippen molar-refractivity contribution in [1.29, 1.82) is 0 Å². The van der Waals surface area contributed by atoms with Gasteiger partial charge < -0.3 is 10.6 Å². The molecule has 1 aliphatic rings. The van der Waals surface area contributed by atoms with E-state index >= 15 is 0 Å². The molecule has 0 amide bonds. The van der Waals surface area contributed by atoms with Gasteiger partial charge in [-0.05, 0) is 32.2 Å². The predicted octanol–water partition coefficient (Wildman–Crippen LogP) is 1.90. The summed E-state index contributed by atoms with van der Waals surface area (Å²) in [6.07, 6.45) is 6.64. The lowest BCUT2D eigenvalue weighted by molar-refractivity contribution is 0.454. The molecule has 2 N–H and O–H groups in total. The van der Waals surface area contributed by atoms with E-state index in [4.69, 9.17) is 0 Å². The molecule has 1 atom stereocenters. The highest BCUT2D eigenvalue weighted by Crippen LogP contribution is 2.28. The maximum absolute atomic E-state index is 4.53. The third-order valence-electron chi connectivity index (χ3n) is 3.05. The number of nitrogens with zero attached hydrogens (tertiary/aromatic N) is 2. The highest BCUT2D eigenvalue weighted by molar-refractivity contribution is 5.32. The first-order valence-electron chi connectivity index (χ1n) is 6.12. The van der Waals surface area contributed by atoms with Gasteiger partial charge in [0.15, 0.2) is 0 Å². The van der Waals surface area contributed by atoms with Gasteiger partial charge in [0.2, 0.25) is 5.95 Å². The summed E-state index contributed by atoms with van der Waals surface area (Å²) in [5.74, 6) is 0.731. The number of hydrogen-bond donors (Lipinski definition) is 2. The Bertz CT molecular complexity index is 351. The van der Waals surface area contributed by atoms with Gasteiger partial charge in [-0.3, -0.25) is 0 Å². The van der Waals surface area contributed by atoms with Crippen molar-refractivity contribution >= 4 is 5.95 Å². The molecule has 0 radical (unpaired) electrons. The number of nitrogens with one attached hydrogen (secondary N) is 2. The summed E-state index contributed by atoms with van der Waals surface area (Å²) in [5.41, 5.74) is 2.50. The average molecular weight is 220 g/mol. The van der Waals surface area contributed by atoms with E-state index in [-0.39, 0.29) is 0 Å². The molecule has 88 valence electrons. The second-order valence-corrected chi connectivity index (χ2v) is 4.24. The van der Waals surface area contributed by atoms with Crippen LogP contribution in [0.5, 0.6) is 0 Å². The molecular weight excluding hydrogens is 200 g/mol. The third-order valence-corrected chi connectivity index (χ3v) is 3.05. The Morgan fingerprint density at radius 2 is 2.38 bits per heavy atom. The molecule has 1 aromatic heterocycles. The normalized spacial score (nSPS) is 19.2. The van der Waals surface area contributed by atoms with Crippen LogP contribution in [0.3, 0.4) is 0 Å². The topological polar surface area (TPSA) is 49.8 Å². The van der Waals surface area contributed by atoms with Gasteiger partial charge in [-0.2, -0.15) is 0 Å². The van der Waals surface area contributed by atoms with Crippen LogP contribution in [0.1, 0.15) is 43.5 Å². The Morgan fingerprint density at radius 1 is 1.50 bits per heavy atom. The van der Waals surface area contributed by atoms with Crippen molar-refractivity contribution in [2.75, 3.05) is 18.9 Å². The fourth-order valence-electron chi connectivity index (χ4n) is 2.20.